The number of hydrogen-bond acceptors (Lipinski definition) is 2. The highest BCUT2D eigenvalue weighted by atomic mass is 35.5. The Labute approximate surface area is 58.2 Å². The van der Waals surface area contributed by atoms with Crippen molar-refractivity contribution in [2.75, 3.05) is 0 Å². The Balaban J connectivity index is 0.000000405. The maximum atomic E-state index is 10.5. The van der Waals surface area contributed by atoms with Gasteiger partial charge in [0.15, 0.2) is 0 Å². The first-order valence-corrected chi connectivity index (χ1v) is 2.64. The van der Waals surface area contributed by atoms with E-state index in [9.17, 15) is 9.59 Å². The van der Waals surface area contributed by atoms with E-state index in [1.54, 1.807) is 0 Å². The molecule has 2 atom stereocenters. The summed E-state index contributed by atoms with van der Waals surface area (Å²) in [5.74, 6) is -0.0231. The van der Waals surface area contributed by atoms with Gasteiger partial charge in [-0.15, -0.1) is 12.4 Å². The molecule has 1 N–H and O–H groups in total. The van der Waals surface area contributed by atoms with E-state index >= 15 is 0 Å². The van der Waals surface area contributed by atoms with E-state index in [4.69, 9.17) is 0 Å². The van der Waals surface area contributed by atoms with Crippen LogP contribution in [0.2, 0.25) is 0 Å². The molecule has 0 spiro atoms. The van der Waals surface area contributed by atoms with Gasteiger partial charge in [0.05, 0.1) is 11.8 Å². The molecule has 0 aromatic heterocycles. The molecule has 2 unspecified atom stereocenters. The normalized spacial score (nSPS) is 36.9. The number of amides is 2. The average molecular weight is 148 g/mol. The van der Waals surface area contributed by atoms with Gasteiger partial charge in [0.1, 0.15) is 0 Å². The molecule has 1 aliphatic heterocycles. The van der Waals surface area contributed by atoms with Gasteiger partial charge in [-0.3, -0.25) is 14.9 Å². The summed E-state index contributed by atoms with van der Waals surface area (Å²) < 4.78 is 0. The third-order valence-corrected chi connectivity index (χ3v) is 1.71. The van der Waals surface area contributed by atoms with Gasteiger partial charge in [-0.05, 0) is 6.42 Å². The van der Waals surface area contributed by atoms with Crippen LogP contribution >= 0.6 is 12.4 Å². The van der Waals surface area contributed by atoms with Crippen LogP contribution < -0.4 is 5.32 Å². The summed E-state index contributed by atoms with van der Waals surface area (Å²) >= 11 is 0. The molecule has 1 saturated carbocycles. The zero-order chi connectivity index (χ0) is 5.72. The molecule has 2 amide bonds. The molecule has 1 aliphatic carbocycles. The summed E-state index contributed by atoms with van der Waals surface area (Å²) in [7, 11) is 0. The van der Waals surface area contributed by atoms with Crippen LogP contribution in [-0.2, 0) is 9.59 Å². The van der Waals surface area contributed by atoms with Gasteiger partial charge >= 0.3 is 0 Å². The van der Waals surface area contributed by atoms with Gasteiger partial charge in [-0.2, -0.15) is 0 Å². The molecule has 0 radical (unpaired) electrons. The van der Waals surface area contributed by atoms with E-state index in [-0.39, 0.29) is 36.1 Å². The molecule has 50 valence electrons. The van der Waals surface area contributed by atoms with Crippen molar-refractivity contribution in [1.29, 1.82) is 0 Å². The predicted molar refractivity (Wildman–Crippen MR) is 32.0 cm³/mol. The van der Waals surface area contributed by atoms with Crippen LogP contribution in [0.1, 0.15) is 6.42 Å². The first-order valence-electron chi connectivity index (χ1n) is 2.64. The quantitative estimate of drug-likeness (QED) is 0.479. The summed E-state index contributed by atoms with van der Waals surface area (Å²) in [5, 5.41) is 2.24. The number of hydrogen-bond donors (Lipinski definition) is 1. The summed E-state index contributed by atoms with van der Waals surface area (Å²) in [6.45, 7) is 0. The minimum Gasteiger partial charge on any atom is -0.296 e. The highest BCUT2D eigenvalue weighted by molar-refractivity contribution is 6.08. The van der Waals surface area contributed by atoms with Gasteiger partial charge in [-0.1, -0.05) is 0 Å². The van der Waals surface area contributed by atoms with Crippen LogP contribution in [0.3, 0.4) is 0 Å². The number of halogens is 1. The lowest BCUT2D eigenvalue weighted by Gasteiger charge is -1.88. The van der Waals surface area contributed by atoms with Crippen molar-refractivity contribution in [3.05, 3.63) is 0 Å². The van der Waals surface area contributed by atoms with Crippen molar-refractivity contribution in [2.45, 2.75) is 6.42 Å². The van der Waals surface area contributed by atoms with Crippen LogP contribution in [0.5, 0.6) is 0 Å². The Morgan fingerprint density at radius 1 is 1.22 bits per heavy atom. The Morgan fingerprint density at radius 2 is 1.67 bits per heavy atom. The zero-order valence-electron chi connectivity index (χ0n) is 4.59. The molecule has 0 aromatic rings. The van der Waals surface area contributed by atoms with Crippen molar-refractivity contribution in [2.24, 2.45) is 11.8 Å². The van der Waals surface area contributed by atoms with Crippen LogP contribution in [0.25, 0.3) is 0 Å². The van der Waals surface area contributed by atoms with Gasteiger partial charge in [0.25, 0.3) is 0 Å². The average Bonchev–Trinajstić information content (AvgIpc) is 2.35. The lowest BCUT2D eigenvalue weighted by atomic mass is 10.4. The number of fused-ring (bicyclic) bond motifs is 1. The van der Waals surface area contributed by atoms with E-state index in [1.807, 2.05) is 0 Å². The fraction of sp³-hybridized carbons (Fsp3) is 0.600. The maximum Gasteiger partial charge on any atom is 0.230 e. The van der Waals surface area contributed by atoms with Crippen molar-refractivity contribution in [1.82, 2.24) is 5.32 Å². The molecule has 1 saturated heterocycles. The van der Waals surface area contributed by atoms with Crippen LogP contribution in [0.4, 0.5) is 0 Å². The summed E-state index contributed by atoms with van der Waals surface area (Å²) in [6, 6.07) is 0. The molecule has 9 heavy (non-hydrogen) atoms. The number of carbonyl (C=O) groups is 2. The fourth-order valence-corrected chi connectivity index (χ4v) is 1.08. The van der Waals surface area contributed by atoms with Crippen LogP contribution in [0, 0.1) is 11.8 Å². The SMILES string of the molecule is Cl.O=C1NC(=O)C2CC12. The smallest absolute Gasteiger partial charge is 0.230 e. The minimum absolute atomic E-state index is 0. The number of rotatable bonds is 0. The fourth-order valence-electron chi connectivity index (χ4n) is 1.08. The molecule has 2 rings (SSSR count). The monoisotopic (exact) mass is 147 g/mol. The van der Waals surface area contributed by atoms with E-state index in [2.05, 4.69) is 5.32 Å². The van der Waals surface area contributed by atoms with Gasteiger partial charge in [0.2, 0.25) is 11.8 Å². The maximum absolute atomic E-state index is 10.5. The van der Waals surface area contributed by atoms with Crippen molar-refractivity contribution < 1.29 is 9.59 Å². The molecule has 0 bridgehead atoms. The molecular weight excluding hydrogens is 142 g/mol. The Morgan fingerprint density at radius 3 is 1.78 bits per heavy atom. The van der Waals surface area contributed by atoms with Gasteiger partial charge in [-0.25, -0.2) is 0 Å². The number of carbonyl (C=O) groups excluding carboxylic acids is 2. The second kappa shape index (κ2) is 1.70. The second-order valence-corrected chi connectivity index (χ2v) is 2.30. The number of imide groups is 1. The van der Waals surface area contributed by atoms with E-state index in [1.165, 1.54) is 0 Å². The van der Waals surface area contributed by atoms with Crippen molar-refractivity contribution in [3.63, 3.8) is 0 Å². The molecule has 4 heteroatoms. The van der Waals surface area contributed by atoms with E-state index in [0.29, 0.717) is 0 Å². The van der Waals surface area contributed by atoms with E-state index in [0.717, 1.165) is 6.42 Å². The first kappa shape index (κ1) is 6.55. The molecule has 2 aliphatic rings. The van der Waals surface area contributed by atoms with Gasteiger partial charge in [0, 0.05) is 0 Å². The van der Waals surface area contributed by atoms with E-state index < -0.39 is 0 Å². The lowest BCUT2D eigenvalue weighted by molar-refractivity contribution is -0.127. The summed E-state index contributed by atoms with van der Waals surface area (Å²) in [6.07, 6.45) is 0.796. The Bertz CT molecular complexity index is 162. The largest absolute Gasteiger partial charge is 0.296 e. The topological polar surface area (TPSA) is 46.2 Å². The third-order valence-electron chi connectivity index (χ3n) is 1.71. The van der Waals surface area contributed by atoms with Crippen molar-refractivity contribution >= 4 is 24.2 Å². The first-order chi connectivity index (χ1) is 3.79. The van der Waals surface area contributed by atoms with Gasteiger partial charge < -0.3 is 0 Å². The number of nitrogens with one attached hydrogen (secondary N) is 1. The standard InChI is InChI=1S/C5H5NO2.ClH/c7-4-2-1-3(2)5(8)6-4;/h2-3H,1H2,(H,6,7,8);1H. The minimum atomic E-state index is -0.0694. The molecule has 2 fully saturated rings. The highest BCUT2D eigenvalue weighted by Crippen LogP contribution is 2.42. The Kier molecular flexibility index (Phi) is 1.24. The Hall–Kier alpha value is -0.570. The van der Waals surface area contributed by atoms with Crippen molar-refractivity contribution in [3.8, 4) is 0 Å². The second-order valence-electron chi connectivity index (χ2n) is 2.30. The molecule has 1 heterocycles. The van der Waals surface area contributed by atoms with Crippen LogP contribution in [-0.4, -0.2) is 11.8 Å². The highest BCUT2D eigenvalue weighted by Gasteiger charge is 2.54. The third kappa shape index (κ3) is 0.721. The lowest BCUT2D eigenvalue weighted by Crippen LogP contribution is -2.24. The van der Waals surface area contributed by atoms with Crippen LogP contribution in [0.15, 0.2) is 0 Å². The summed E-state index contributed by atoms with van der Waals surface area (Å²) in [5.41, 5.74) is 0. The molecular formula is C5H6ClNO2. The molecule has 0 aromatic carbocycles. The zero-order valence-corrected chi connectivity index (χ0v) is 5.40. The molecule has 3 nitrogen and oxygen atoms in total. The predicted octanol–water partition coefficient (Wildman–Crippen LogP) is -0.299. The number of piperidine rings is 1. The summed E-state index contributed by atoms with van der Waals surface area (Å²) in [4.78, 5) is 21.0.